The molecule has 3 atom stereocenters. The Hall–Kier alpha value is -1.30. The third-order valence-corrected chi connectivity index (χ3v) is 5.47. The van der Waals surface area contributed by atoms with Crippen molar-refractivity contribution in [2.75, 3.05) is 46.4 Å². The maximum absolute atomic E-state index is 12.6. The molecule has 3 saturated heterocycles. The van der Waals surface area contributed by atoms with Crippen LogP contribution < -0.4 is 5.32 Å². The van der Waals surface area contributed by atoms with Gasteiger partial charge >= 0.3 is 6.03 Å². The highest BCUT2D eigenvalue weighted by molar-refractivity contribution is 5.80. The molecule has 0 spiro atoms. The molecule has 0 aromatic heterocycles. The van der Waals surface area contributed by atoms with Crippen LogP contribution in [0.25, 0.3) is 0 Å². The Morgan fingerprint density at radius 1 is 1.18 bits per heavy atom. The van der Waals surface area contributed by atoms with Gasteiger partial charge in [0.15, 0.2) is 0 Å². The van der Waals surface area contributed by atoms with Crippen molar-refractivity contribution in [3.63, 3.8) is 0 Å². The lowest BCUT2D eigenvalue weighted by Gasteiger charge is -2.36. The second-order valence-corrected chi connectivity index (χ2v) is 6.77. The van der Waals surface area contributed by atoms with Gasteiger partial charge in [0.2, 0.25) is 5.91 Å². The van der Waals surface area contributed by atoms with Crippen LogP contribution in [-0.2, 0) is 9.53 Å². The summed E-state index contributed by atoms with van der Waals surface area (Å²) in [6.45, 7) is 4.62. The topological polar surface area (TPSA) is 61.9 Å². The molecule has 6 nitrogen and oxygen atoms in total. The first-order valence-electron chi connectivity index (χ1n) is 8.51. The van der Waals surface area contributed by atoms with Crippen LogP contribution >= 0.6 is 0 Å². The molecule has 22 heavy (non-hydrogen) atoms. The summed E-state index contributed by atoms with van der Waals surface area (Å²) in [5.74, 6) is 0.901. The van der Waals surface area contributed by atoms with Gasteiger partial charge < -0.3 is 19.9 Å². The van der Waals surface area contributed by atoms with Gasteiger partial charge in [0.05, 0.1) is 6.61 Å². The van der Waals surface area contributed by atoms with E-state index in [2.05, 4.69) is 5.32 Å². The van der Waals surface area contributed by atoms with Crippen LogP contribution in [0.2, 0.25) is 0 Å². The first-order chi connectivity index (χ1) is 10.7. The van der Waals surface area contributed by atoms with Crippen LogP contribution in [0.5, 0.6) is 0 Å². The minimum absolute atomic E-state index is 0.0327. The summed E-state index contributed by atoms with van der Waals surface area (Å²) < 4.78 is 5.32. The zero-order valence-corrected chi connectivity index (χ0v) is 13.4. The number of nitrogens with one attached hydrogen (secondary N) is 1. The van der Waals surface area contributed by atoms with Crippen molar-refractivity contribution in [1.82, 2.24) is 15.1 Å². The van der Waals surface area contributed by atoms with Crippen LogP contribution in [0, 0.1) is 17.8 Å². The number of piperidine rings is 1. The van der Waals surface area contributed by atoms with Crippen LogP contribution in [-0.4, -0.2) is 68.2 Å². The first-order valence-corrected chi connectivity index (χ1v) is 8.51. The lowest BCUT2D eigenvalue weighted by molar-refractivity contribution is -0.131. The molecule has 3 fully saturated rings. The number of rotatable bonds is 2. The highest BCUT2D eigenvalue weighted by Gasteiger charge is 2.41. The van der Waals surface area contributed by atoms with Gasteiger partial charge in [-0.3, -0.25) is 4.79 Å². The summed E-state index contributed by atoms with van der Waals surface area (Å²) in [5.41, 5.74) is 0. The van der Waals surface area contributed by atoms with E-state index < -0.39 is 0 Å². The number of urea groups is 1. The van der Waals surface area contributed by atoms with Gasteiger partial charge in [0.1, 0.15) is 0 Å². The standard InChI is InChI=1S/C16H27N3O3/c1-22-11-12-10-17-15(20)14-5-9-19(8-4-13(12)14)16(21)18-6-2-3-7-18/h12-14H,2-11H2,1H3,(H,17,20)/t12-,13+,14+/m1/s1. The number of carbonyl (C=O) groups is 2. The Balaban J connectivity index is 1.66. The fourth-order valence-electron chi connectivity index (χ4n) is 4.23. The molecular weight excluding hydrogens is 282 g/mol. The average molecular weight is 309 g/mol. The Morgan fingerprint density at radius 2 is 1.86 bits per heavy atom. The van der Waals surface area contributed by atoms with Gasteiger partial charge in [0.25, 0.3) is 0 Å². The molecule has 0 saturated carbocycles. The number of carbonyl (C=O) groups excluding carboxylic acids is 2. The van der Waals surface area contributed by atoms with Crippen molar-refractivity contribution in [3.8, 4) is 0 Å². The van der Waals surface area contributed by atoms with Gasteiger partial charge in [0, 0.05) is 51.7 Å². The van der Waals surface area contributed by atoms with Gasteiger partial charge in [-0.1, -0.05) is 0 Å². The van der Waals surface area contributed by atoms with Crippen molar-refractivity contribution in [1.29, 1.82) is 0 Å². The average Bonchev–Trinajstić information content (AvgIpc) is 2.96. The molecule has 6 heteroatoms. The molecule has 0 bridgehead atoms. The maximum Gasteiger partial charge on any atom is 0.319 e. The summed E-state index contributed by atoms with van der Waals surface area (Å²) in [5, 5.41) is 3.01. The van der Waals surface area contributed by atoms with Crippen LogP contribution in [0.1, 0.15) is 25.7 Å². The quantitative estimate of drug-likeness (QED) is 0.825. The molecule has 3 amide bonds. The molecule has 1 N–H and O–H groups in total. The van der Waals surface area contributed by atoms with E-state index in [0.29, 0.717) is 31.5 Å². The largest absolute Gasteiger partial charge is 0.384 e. The Bertz CT molecular complexity index is 423. The van der Waals surface area contributed by atoms with Crippen molar-refractivity contribution in [3.05, 3.63) is 0 Å². The number of hydrogen-bond acceptors (Lipinski definition) is 3. The van der Waals surface area contributed by atoms with Gasteiger partial charge in [-0.2, -0.15) is 0 Å². The predicted molar refractivity (Wildman–Crippen MR) is 82.4 cm³/mol. The summed E-state index contributed by atoms with van der Waals surface area (Å²) in [7, 11) is 1.71. The lowest BCUT2D eigenvalue weighted by atomic mass is 9.75. The van der Waals surface area contributed by atoms with Crippen molar-refractivity contribution in [2.45, 2.75) is 25.7 Å². The number of methoxy groups -OCH3 is 1. The third kappa shape index (κ3) is 3.07. The molecule has 3 aliphatic rings. The van der Waals surface area contributed by atoms with Crippen LogP contribution in [0.15, 0.2) is 0 Å². The molecule has 3 heterocycles. The smallest absolute Gasteiger partial charge is 0.319 e. The van der Waals surface area contributed by atoms with E-state index in [-0.39, 0.29) is 17.9 Å². The number of nitrogens with zero attached hydrogens (tertiary/aromatic N) is 2. The summed E-state index contributed by atoms with van der Waals surface area (Å²) in [4.78, 5) is 28.7. The van der Waals surface area contributed by atoms with Crippen LogP contribution in [0.4, 0.5) is 4.79 Å². The highest BCUT2D eigenvalue weighted by atomic mass is 16.5. The highest BCUT2D eigenvalue weighted by Crippen LogP contribution is 2.34. The van der Waals surface area contributed by atoms with Crippen LogP contribution in [0.3, 0.4) is 0 Å². The Labute approximate surface area is 132 Å². The zero-order valence-electron chi connectivity index (χ0n) is 13.4. The van der Waals surface area contributed by atoms with Gasteiger partial charge in [-0.25, -0.2) is 4.79 Å². The molecular formula is C16H27N3O3. The Kier molecular flexibility index (Phi) is 4.86. The summed E-state index contributed by atoms with van der Waals surface area (Å²) in [6, 6.07) is 0.167. The Morgan fingerprint density at radius 3 is 2.59 bits per heavy atom. The van der Waals surface area contributed by atoms with Crippen molar-refractivity contribution < 1.29 is 14.3 Å². The lowest BCUT2D eigenvalue weighted by Crippen LogP contribution is -2.49. The van der Waals surface area contributed by atoms with E-state index in [1.807, 2.05) is 9.80 Å². The summed E-state index contributed by atoms with van der Waals surface area (Å²) >= 11 is 0. The maximum atomic E-state index is 12.6. The van der Waals surface area contributed by atoms with Gasteiger partial charge in [-0.05, 0) is 31.6 Å². The van der Waals surface area contributed by atoms with E-state index in [9.17, 15) is 9.59 Å². The zero-order chi connectivity index (χ0) is 15.5. The van der Waals surface area contributed by atoms with E-state index in [0.717, 1.165) is 45.3 Å². The van der Waals surface area contributed by atoms with Gasteiger partial charge in [-0.15, -0.1) is 0 Å². The number of fused-ring (bicyclic) bond motifs is 1. The third-order valence-electron chi connectivity index (χ3n) is 5.47. The predicted octanol–water partition coefficient (Wildman–Crippen LogP) is 0.923. The van der Waals surface area contributed by atoms with Crippen molar-refractivity contribution >= 4 is 11.9 Å². The first kappa shape index (κ1) is 15.6. The molecule has 3 rings (SSSR count). The minimum Gasteiger partial charge on any atom is -0.384 e. The SMILES string of the molecule is COC[C@H]1CNC(=O)[C@H]2CCN(C(=O)N3CCCC3)CC[C@@H]12. The molecule has 0 aromatic carbocycles. The summed E-state index contributed by atoms with van der Waals surface area (Å²) in [6.07, 6.45) is 3.91. The monoisotopic (exact) mass is 309 g/mol. The molecule has 3 aliphatic heterocycles. The second-order valence-electron chi connectivity index (χ2n) is 6.77. The number of hydrogen-bond donors (Lipinski definition) is 1. The second kappa shape index (κ2) is 6.86. The van der Waals surface area contributed by atoms with E-state index in [1.54, 1.807) is 7.11 Å². The number of likely N-dealkylation sites (tertiary alicyclic amines) is 2. The van der Waals surface area contributed by atoms with E-state index in [4.69, 9.17) is 4.74 Å². The minimum atomic E-state index is 0.0327. The van der Waals surface area contributed by atoms with Crippen molar-refractivity contribution in [2.24, 2.45) is 17.8 Å². The fraction of sp³-hybridized carbons (Fsp3) is 0.875. The van der Waals surface area contributed by atoms with E-state index >= 15 is 0 Å². The number of amides is 3. The molecule has 0 aliphatic carbocycles. The molecule has 0 unspecified atom stereocenters. The number of ether oxygens (including phenoxy) is 1. The molecule has 0 radical (unpaired) electrons. The fourth-order valence-corrected chi connectivity index (χ4v) is 4.23. The normalized spacial score (nSPS) is 32.4. The molecule has 124 valence electrons. The molecule has 0 aromatic rings. The van der Waals surface area contributed by atoms with E-state index in [1.165, 1.54) is 0 Å².